The van der Waals surface area contributed by atoms with Crippen molar-refractivity contribution in [3.8, 4) is 5.75 Å². The molecular formula is C23H36N2O4. The van der Waals surface area contributed by atoms with Crippen LogP contribution >= 0.6 is 0 Å². The van der Waals surface area contributed by atoms with Gasteiger partial charge in [0.05, 0.1) is 19.8 Å². The molecule has 2 bridgehead atoms. The number of amides is 1. The standard InChI is InChI=1S/C23H36N2O4/c1-23-10-6-4-5-7-18(21(23)24)15-17-8-9-19(16-20(17)23)29-22(26)25(2)11-12-28-14-13-27-3/h8-9,16,18,21H,4-7,10-15,24H2,1-3H3/t18-,21-,23+/m0/s1. The van der Waals surface area contributed by atoms with E-state index in [1.54, 1.807) is 14.2 Å². The van der Waals surface area contributed by atoms with Crippen molar-refractivity contribution in [3.63, 3.8) is 0 Å². The molecule has 0 unspecified atom stereocenters. The maximum Gasteiger partial charge on any atom is 0.415 e. The summed E-state index contributed by atoms with van der Waals surface area (Å²) in [6.45, 7) is 4.28. The normalized spacial score (nSPS) is 26.2. The first-order valence-electron chi connectivity index (χ1n) is 10.8. The van der Waals surface area contributed by atoms with Gasteiger partial charge in [-0.2, -0.15) is 0 Å². The van der Waals surface area contributed by atoms with Crippen LogP contribution in [0.25, 0.3) is 0 Å². The minimum Gasteiger partial charge on any atom is -0.410 e. The van der Waals surface area contributed by atoms with Crippen LogP contribution in [0.3, 0.4) is 0 Å². The Morgan fingerprint density at radius 2 is 2.07 bits per heavy atom. The Balaban J connectivity index is 1.67. The fraction of sp³-hybridized carbons (Fsp3) is 0.696. The molecule has 6 nitrogen and oxygen atoms in total. The maximum absolute atomic E-state index is 12.5. The Kier molecular flexibility index (Phi) is 7.55. The second-order valence-corrected chi connectivity index (χ2v) is 8.72. The number of likely N-dealkylation sites (N-methyl/N-ethyl adjacent to an activating group) is 1. The van der Waals surface area contributed by atoms with E-state index >= 15 is 0 Å². The fourth-order valence-corrected chi connectivity index (χ4v) is 4.81. The van der Waals surface area contributed by atoms with Crippen molar-refractivity contribution in [1.29, 1.82) is 0 Å². The number of carbonyl (C=O) groups is 1. The van der Waals surface area contributed by atoms with Crippen molar-refractivity contribution >= 4 is 6.09 Å². The van der Waals surface area contributed by atoms with E-state index in [9.17, 15) is 4.79 Å². The average molecular weight is 405 g/mol. The minimum atomic E-state index is -0.374. The van der Waals surface area contributed by atoms with Crippen LogP contribution in [-0.2, 0) is 21.3 Å². The molecule has 1 saturated carbocycles. The van der Waals surface area contributed by atoms with Crippen LogP contribution in [0, 0.1) is 5.92 Å². The highest BCUT2D eigenvalue weighted by molar-refractivity contribution is 5.70. The first-order chi connectivity index (χ1) is 14.0. The van der Waals surface area contributed by atoms with Crippen LogP contribution in [0.5, 0.6) is 5.75 Å². The molecule has 3 rings (SSSR count). The van der Waals surface area contributed by atoms with E-state index in [2.05, 4.69) is 13.0 Å². The summed E-state index contributed by atoms with van der Waals surface area (Å²) in [5.41, 5.74) is 9.32. The van der Waals surface area contributed by atoms with Crippen molar-refractivity contribution in [1.82, 2.24) is 4.90 Å². The molecule has 1 aromatic rings. The van der Waals surface area contributed by atoms with Gasteiger partial charge in [-0.05, 0) is 48.4 Å². The topological polar surface area (TPSA) is 74.0 Å². The van der Waals surface area contributed by atoms with Crippen LogP contribution in [0.4, 0.5) is 4.79 Å². The number of hydrogen-bond donors (Lipinski definition) is 1. The highest BCUT2D eigenvalue weighted by Crippen LogP contribution is 2.46. The third-order valence-corrected chi connectivity index (χ3v) is 6.71. The number of nitrogens with two attached hydrogens (primary N) is 1. The van der Waals surface area contributed by atoms with Gasteiger partial charge in [-0.25, -0.2) is 4.79 Å². The summed E-state index contributed by atoms with van der Waals surface area (Å²) >= 11 is 0. The molecule has 6 heteroatoms. The van der Waals surface area contributed by atoms with Gasteiger partial charge in [0.1, 0.15) is 5.75 Å². The quantitative estimate of drug-likeness (QED) is 0.704. The van der Waals surface area contributed by atoms with Gasteiger partial charge < -0.3 is 24.8 Å². The molecule has 3 atom stereocenters. The average Bonchev–Trinajstić information content (AvgIpc) is 2.71. The van der Waals surface area contributed by atoms with Crippen molar-refractivity contribution in [2.45, 2.75) is 56.9 Å². The lowest BCUT2D eigenvalue weighted by Gasteiger charge is -2.47. The van der Waals surface area contributed by atoms with Gasteiger partial charge in [-0.15, -0.1) is 0 Å². The van der Waals surface area contributed by atoms with Crippen molar-refractivity contribution in [2.75, 3.05) is 40.5 Å². The Bertz CT molecular complexity index is 695. The number of ether oxygens (including phenoxy) is 3. The zero-order valence-corrected chi connectivity index (χ0v) is 18.1. The summed E-state index contributed by atoms with van der Waals surface area (Å²) in [5.74, 6) is 1.14. The minimum absolute atomic E-state index is 0.0534. The number of fused-ring (bicyclic) bond motifs is 4. The third kappa shape index (κ3) is 5.11. The van der Waals surface area contributed by atoms with Gasteiger partial charge in [-0.3, -0.25) is 0 Å². The highest BCUT2D eigenvalue weighted by Gasteiger charge is 2.43. The highest BCUT2D eigenvalue weighted by atomic mass is 16.6. The number of rotatable bonds is 7. The number of nitrogens with zero attached hydrogens (tertiary/aromatic N) is 1. The zero-order chi connectivity index (χ0) is 20.9. The summed E-state index contributed by atoms with van der Waals surface area (Å²) in [4.78, 5) is 14.0. The fourth-order valence-electron chi connectivity index (χ4n) is 4.81. The lowest BCUT2D eigenvalue weighted by Crippen LogP contribution is -2.52. The lowest BCUT2D eigenvalue weighted by molar-refractivity contribution is 0.0607. The molecule has 162 valence electrons. The predicted molar refractivity (Wildman–Crippen MR) is 113 cm³/mol. The van der Waals surface area contributed by atoms with E-state index in [0.29, 0.717) is 38.0 Å². The van der Waals surface area contributed by atoms with Crippen molar-refractivity contribution in [2.24, 2.45) is 11.7 Å². The number of carbonyl (C=O) groups excluding carboxylic acids is 1. The molecule has 2 aliphatic rings. The molecular weight excluding hydrogens is 368 g/mol. The van der Waals surface area contributed by atoms with Gasteiger partial charge in [0, 0.05) is 32.2 Å². The molecule has 2 N–H and O–H groups in total. The number of hydrogen-bond acceptors (Lipinski definition) is 5. The van der Waals surface area contributed by atoms with Gasteiger partial charge in [0.25, 0.3) is 0 Å². The monoisotopic (exact) mass is 404 g/mol. The van der Waals surface area contributed by atoms with Crippen LogP contribution in [-0.4, -0.2) is 57.6 Å². The predicted octanol–water partition coefficient (Wildman–Crippen LogP) is 3.50. The molecule has 1 amide bonds. The first kappa shape index (κ1) is 22.1. The van der Waals surface area contributed by atoms with Crippen LogP contribution in [0.2, 0.25) is 0 Å². The maximum atomic E-state index is 12.5. The molecule has 0 saturated heterocycles. The molecule has 0 heterocycles. The second kappa shape index (κ2) is 9.92. The van der Waals surface area contributed by atoms with Gasteiger partial charge in [-0.1, -0.05) is 32.3 Å². The van der Waals surface area contributed by atoms with Gasteiger partial charge >= 0.3 is 6.09 Å². The zero-order valence-electron chi connectivity index (χ0n) is 18.1. The lowest BCUT2D eigenvalue weighted by atomic mass is 9.60. The van der Waals surface area contributed by atoms with E-state index in [4.69, 9.17) is 19.9 Å². The van der Waals surface area contributed by atoms with Gasteiger partial charge in [0.2, 0.25) is 0 Å². The SMILES string of the molecule is COCCOCCN(C)C(=O)Oc1ccc2c(c1)[C@@]1(C)CCCCC[C@@H](C2)[C@@H]1N. The number of benzene rings is 1. The molecule has 1 aromatic carbocycles. The summed E-state index contributed by atoms with van der Waals surface area (Å²) < 4.78 is 16.0. The van der Waals surface area contributed by atoms with Crippen LogP contribution in [0.15, 0.2) is 18.2 Å². The molecule has 2 aliphatic carbocycles. The summed E-state index contributed by atoms with van der Waals surface area (Å²) in [6.07, 6.45) is 6.71. The first-order valence-corrected chi connectivity index (χ1v) is 10.8. The van der Waals surface area contributed by atoms with E-state index in [0.717, 1.165) is 12.8 Å². The van der Waals surface area contributed by atoms with E-state index in [1.165, 1.54) is 41.7 Å². The van der Waals surface area contributed by atoms with Crippen LogP contribution < -0.4 is 10.5 Å². The molecule has 0 aromatic heterocycles. The Morgan fingerprint density at radius 1 is 1.24 bits per heavy atom. The molecule has 0 radical (unpaired) electrons. The van der Waals surface area contributed by atoms with E-state index in [1.807, 2.05) is 12.1 Å². The van der Waals surface area contributed by atoms with Crippen molar-refractivity contribution in [3.05, 3.63) is 29.3 Å². The van der Waals surface area contributed by atoms with Gasteiger partial charge in [0.15, 0.2) is 0 Å². The number of methoxy groups -OCH3 is 1. The largest absolute Gasteiger partial charge is 0.415 e. The van der Waals surface area contributed by atoms with E-state index in [-0.39, 0.29) is 17.6 Å². The Hall–Kier alpha value is -1.63. The summed E-state index contributed by atoms with van der Waals surface area (Å²) in [6, 6.07) is 6.26. The van der Waals surface area contributed by atoms with E-state index < -0.39 is 0 Å². The smallest absolute Gasteiger partial charge is 0.410 e. The summed E-state index contributed by atoms with van der Waals surface area (Å²) in [5, 5.41) is 0. The third-order valence-electron chi connectivity index (χ3n) is 6.71. The van der Waals surface area contributed by atoms with Crippen LogP contribution in [0.1, 0.15) is 50.2 Å². The van der Waals surface area contributed by atoms with Crippen molar-refractivity contribution < 1.29 is 19.0 Å². The molecule has 0 aliphatic heterocycles. The Morgan fingerprint density at radius 3 is 2.86 bits per heavy atom. The Labute approximate surface area is 174 Å². The molecule has 29 heavy (non-hydrogen) atoms. The molecule has 0 spiro atoms. The molecule has 1 fully saturated rings. The summed E-state index contributed by atoms with van der Waals surface area (Å²) in [7, 11) is 3.35. The second-order valence-electron chi connectivity index (χ2n) is 8.72.